The molecule has 3 nitrogen and oxygen atoms in total. The van der Waals surface area contributed by atoms with E-state index in [9.17, 15) is 0 Å². The second kappa shape index (κ2) is 4.04. The van der Waals surface area contributed by atoms with Gasteiger partial charge in [0.1, 0.15) is 0 Å². The van der Waals surface area contributed by atoms with Crippen LogP contribution in [-0.2, 0) is 0 Å². The Morgan fingerprint density at radius 3 is 2.64 bits per heavy atom. The normalized spacial score (nSPS) is 20.7. The molecule has 11 heavy (non-hydrogen) atoms. The molecule has 2 N–H and O–H groups in total. The largest absolute Gasteiger partial charge is 0.395 e. The lowest BCUT2D eigenvalue weighted by atomic mass is 10.3. The van der Waals surface area contributed by atoms with Crippen LogP contribution in [0.3, 0.4) is 0 Å². The molecule has 1 aliphatic carbocycles. The van der Waals surface area contributed by atoms with E-state index < -0.39 is 0 Å². The lowest BCUT2D eigenvalue weighted by molar-refractivity contribution is 0.201. The minimum atomic E-state index is 0.230. The van der Waals surface area contributed by atoms with Crippen LogP contribution in [0, 0.1) is 0 Å². The lowest BCUT2D eigenvalue weighted by Gasteiger charge is -2.21. The van der Waals surface area contributed by atoms with Gasteiger partial charge >= 0.3 is 0 Å². The smallest absolute Gasteiger partial charge is 0.0597 e. The molecular weight excluding hydrogens is 140 g/mol. The van der Waals surface area contributed by atoms with Crippen molar-refractivity contribution in [3.63, 3.8) is 0 Å². The van der Waals surface area contributed by atoms with E-state index in [4.69, 9.17) is 5.11 Å². The molecule has 0 spiro atoms. The first-order valence-electron chi connectivity index (χ1n) is 4.26. The van der Waals surface area contributed by atoms with Crippen LogP contribution in [0.2, 0.25) is 0 Å². The Balaban J connectivity index is 2.15. The van der Waals surface area contributed by atoms with E-state index in [1.54, 1.807) is 0 Å². The van der Waals surface area contributed by atoms with Crippen LogP contribution in [0.1, 0.15) is 12.8 Å². The molecule has 1 aliphatic rings. The standard InChI is InChI=1S/C8H18N2O/c1-9-7(6-11)5-10(2)8-3-4-8/h7-9,11H,3-6H2,1-2H3. The van der Waals surface area contributed by atoms with Crippen LogP contribution in [0.5, 0.6) is 0 Å². The molecule has 0 aromatic heterocycles. The van der Waals surface area contributed by atoms with Crippen LogP contribution in [0.25, 0.3) is 0 Å². The van der Waals surface area contributed by atoms with Crippen LogP contribution >= 0.6 is 0 Å². The van der Waals surface area contributed by atoms with Crippen molar-refractivity contribution in [2.45, 2.75) is 24.9 Å². The average molecular weight is 158 g/mol. The molecule has 1 rings (SSSR count). The van der Waals surface area contributed by atoms with Gasteiger partial charge in [-0.3, -0.25) is 0 Å². The molecule has 0 aromatic rings. The molecule has 1 saturated carbocycles. The first-order chi connectivity index (χ1) is 5.27. The Kier molecular flexibility index (Phi) is 3.30. The number of rotatable bonds is 5. The van der Waals surface area contributed by atoms with E-state index >= 15 is 0 Å². The van der Waals surface area contributed by atoms with E-state index in [1.807, 2.05) is 7.05 Å². The fraction of sp³-hybridized carbons (Fsp3) is 1.00. The van der Waals surface area contributed by atoms with Gasteiger partial charge < -0.3 is 15.3 Å². The summed E-state index contributed by atoms with van der Waals surface area (Å²) in [4.78, 5) is 2.32. The molecule has 66 valence electrons. The molecule has 1 atom stereocenters. The summed E-state index contributed by atoms with van der Waals surface area (Å²) < 4.78 is 0. The first-order valence-corrected chi connectivity index (χ1v) is 4.26. The van der Waals surface area contributed by atoms with Gasteiger partial charge in [-0.15, -0.1) is 0 Å². The van der Waals surface area contributed by atoms with Gasteiger partial charge in [-0.05, 0) is 26.9 Å². The second-order valence-corrected chi connectivity index (χ2v) is 3.34. The second-order valence-electron chi connectivity index (χ2n) is 3.34. The molecular formula is C8H18N2O. The summed E-state index contributed by atoms with van der Waals surface area (Å²) in [7, 11) is 4.01. The van der Waals surface area contributed by atoms with Gasteiger partial charge in [0.25, 0.3) is 0 Å². The first kappa shape index (κ1) is 8.97. The van der Waals surface area contributed by atoms with Crippen molar-refractivity contribution in [1.82, 2.24) is 10.2 Å². The quantitative estimate of drug-likeness (QED) is 0.574. The Morgan fingerprint density at radius 2 is 2.27 bits per heavy atom. The molecule has 0 radical (unpaired) electrons. The van der Waals surface area contributed by atoms with Crippen LogP contribution < -0.4 is 5.32 Å². The van der Waals surface area contributed by atoms with Crippen molar-refractivity contribution < 1.29 is 5.11 Å². The molecule has 0 amide bonds. The molecule has 1 fully saturated rings. The minimum absolute atomic E-state index is 0.230. The average Bonchev–Trinajstić information content (AvgIpc) is 2.81. The van der Waals surface area contributed by atoms with Crippen molar-refractivity contribution in [2.24, 2.45) is 0 Å². The number of likely N-dealkylation sites (N-methyl/N-ethyl adjacent to an activating group) is 2. The maximum Gasteiger partial charge on any atom is 0.0597 e. The van der Waals surface area contributed by atoms with Crippen LogP contribution in [-0.4, -0.2) is 49.3 Å². The predicted octanol–water partition coefficient (Wildman–Crippen LogP) is -0.339. The number of nitrogens with zero attached hydrogens (tertiary/aromatic N) is 1. The van der Waals surface area contributed by atoms with Gasteiger partial charge in [0, 0.05) is 18.6 Å². The Hall–Kier alpha value is -0.120. The van der Waals surface area contributed by atoms with E-state index in [2.05, 4.69) is 17.3 Å². The summed E-state index contributed by atoms with van der Waals surface area (Å²) in [6, 6.07) is 1.03. The highest BCUT2D eigenvalue weighted by atomic mass is 16.3. The Bertz CT molecular complexity index is 111. The molecule has 0 aromatic carbocycles. The van der Waals surface area contributed by atoms with Crippen LogP contribution in [0.4, 0.5) is 0 Å². The van der Waals surface area contributed by atoms with Gasteiger partial charge in [-0.1, -0.05) is 0 Å². The third-order valence-electron chi connectivity index (χ3n) is 2.31. The summed E-state index contributed by atoms with van der Waals surface area (Å²) in [6.07, 6.45) is 2.66. The molecule has 0 saturated heterocycles. The summed E-state index contributed by atoms with van der Waals surface area (Å²) in [5.41, 5.74) is 0. The molecule has 0 heterocycles. The van der Waals surface area contributed by atoms with Crippen molar-refractivity contribution in [1.29, 1.82) is 0 Å². The highest BCUT2D eigenvalue weighted by Gasteiger charge is 2.26. The zero-order valence-corrected chi connectivity index (χ0v) is 7.38. The van der Waals surface area contributed by atoms with Gasteiger partial charge in [-0.2, -0.15) is 0 Å². The maximum absolute atomic E-state index is 8.89. The predicted molar refractivity (Wildman–Crippen MR) is 45.6 cm³/mol. The van der Waals surface area contributed by atoms with Crippen molar-refractivity contribution in [3.05, 3.63) is 0 Å². The summed E-state index contributed by atoms with van der Waals surface area (Å²) >= 11 is 0. The highest BCUT2D eigenvalue weighted by Crippen LogP contribution is 2.25. The van der Waals surface area contributed by atoms with E-state index in [0.717, 1.165) is 12.6 Å². The number of nitrogens with one attached hydrogen (secondary N) is 1. The van der Waals surface area contributed by atoms with Gasteiger partial charge in [0.2, 0.25) is 0 Å². The maximum atomic E-state index is 8.89. The van der Waals surface area contributed by atoms with E-state index in [0.29, 0.717) is 0 Å². The number of aliphatic hydroxyl groups excluding tert-OH is 1. The number of hydrogen-bond donors (Lipinski definition) is 2. The number of aliphatic hydroxyl groups is 1. The monoisotopic (exact) mass is 158 g/mol. The summed E-state index contributed by atoms with van der Waals surface area (Å²) in [5.74, 6) is 0. The van der Waals surface area contributed by atoms with Crippen molar-refractivity contribution in [3.8, 4) is 0 Å². The minimum Gasteiger partial charge on any atom is -0.395 e. The topological polar surface area (TPSA) is 35.5 Å². The zero-order chi connectivity index (χ0) is 8.27. The molecule has 1 unspecified atom stereocenters. The van der Waals surface area contributed by atoms with Crippen LogP contribution in [0.15, 0.2) is 0 Å². The molecule has 0 aliphatic heterocycles. The zero-order valence-electron chi connectivity index (χ0n) is 7.38. The van der Waals surface area contributed by atoms with Crippen molar-refractivity contribution in [2.75, 3.05) is 27.2 Å². The van der Waals surface area contributed by atoms with E-state index in [1.165, 1.54) is 12.8 Å². The molecule has 0 bridgehead atoms. The number of hydrogen-bond acceptors (Lipinski definition) is 3. The summed E-state index contributed by atoms with van der Waals surface area (Å²) in [5, 5.41) is 12.0. The third-order valence-corrected chi connectivity index (χ3v) is 2.31. The summed E-state index contributed by atoms with van der Waals surface area (Å²) in [6.45, 7) is 1.19. The fourth-order valence-electron chi connectivity index (χ4n) is 1.25. The SMILES string of the molecule is CNC(CO)CN(C)C1CC1. The Morgan fingerprint density at radius 1 is 1.64 bits per heavy atom. The van der Waals surface area contributed by atoms with Gasteiger partial charge in [0.05, 0.1) is 6.61 Å². The third kappa shape index (κ3) is 2.77. The highest BCUT2D eigenvalue weighted by molar-refractivity contribution is 4.84. The van der Waals surface area contributed by atoms with E-state index in [-0.39, 0.29) is 12.6 Å². The molecule has 3 heteroatoms. The van der Waals surface area contributed by atoms with Gasteiger partial charge in [0.15, 0.2) is 0 Å². The lowest BCUT2D eigenvalue weighted by Crippen LogP contribution is -2.40. The van der Waals surface area contributed by atoms with Crippen molar-refractivity contribution >= 4 is 0 Å². The van der Waals surface area contributed by atoms with Gasteiger partial charge in [-0.25, -0.2) is 0 Å². The fourth-order valence-corrected chi connectivity index (χ4v) is 1.25. The Labute approximate surface area is 68.4 Å².